The van der Waals surface area contributed by atoms with Crippen LogP contribution in [0.4, 0.5) is 0 Å². The standard InChI is InChI=1S/C23H28N2O3/c1-17-15-19(26)9-10-20(17)22(27)25-14-11-23(28,18-7-3-2-4-8-18)21(16-25)24-12-5-6-13-24/h2-4,7-10,15,21,26,28H,5-6,11-14,16H2,1H3/t21-,23+/m1/s1. The van der Waals surface area contributed by atoms with E-state index in [0.717, 1.165) is 37.1 Å². The van der Waals surface area contributed by atoms with E-state index in [1.54, 1.807) is 18.2 Å². The molecular formula is C23H28N2O3. The van der Waals surface area contributed by atoms with Gasteiger partial charge in [0.05, 0.1) is 6.04 Å². The van der Waals surface area contributed by atoms with Crippen LogP contribution in [-0.2, 0) is 5.60 Å². The lowest BCUT2D eigenvalue weighted by molar-refractivity contribution is -0.0878. The maximum absolute atomic E-state index is 13.2. The Morgan fingerprint density at radius 1 is 1.07 bits per heavy atom. The molecule has 0 unspecified atom stereocenters. The monoisotopic (exact) mass is 380 g/mol. The Morgan fingerprint density at radius 3 is 2.46 bits per heavy atom. The predicted octanol–water partition coefficient (Wildman–Crippen LogP) is 2.90. The van der Waals surface area contributed by atoms with Gasteiger partial charge in [-0.1, -0.05) is 30.3 Å². The van der Waals surface area contributed by atoms with E-state index >= 15 is 0 Å². The summed E-state index contributed by atoms with van der Waals surface area (Å²) in [7, 11) is 0. The van der Waals surface area contributed by atoms with Gasteiger partial charge in [-0.15, -0.1) is 0 Å². The van der Waals surface area contributed by atoms with E-state index in [0.29, 0.717) is 25.1 Å². The van der Waals surface area contributed by atoms with Crippen LogP contribution in [-0.4, -0.2) is 58.1 Å². The van der Waals surface area contributed by atoms with Crippen molar-refractivity contribution in [3.63, 3.8) is 0 Å². The minimum atomic E-state index is -0.952. The molecule has 2 N–H and O–H groups in total. The summed E-state index contributed by atoms with van der Waals surface area (Å²) < 4.78 is 0. The quantitative estimate of drug-likeness (QED) is 0.859. The Hall–Kier alpha value is -2.37. The van der Waals surface area contributed by atoms with Crippen molar-refractivity contribution in [3.8, 4) is 5.75 Å². The van der Waals surface area contributed by atoms with Crippen LogP contribution < -0.4 is 0 Å². The molecule has 2 aliphatic rings. The molecule has 2 atom stereocenters. The second-order valence-electron chi connectivity index (χ2n) is 8.05. The van der Waals surface area contributed by atoms with E-state index in [-0.39, 0.29) is 17.7 Å². The number of benzene rings is 2. The van der Waals surface area contributed by atoms with Crippen LogP contribution in [0.15, 0.2) is 48.5 Å². The van der Waals surface area contributed by atoms with Crippen LogP contribution >= 0.6 is 0 Å². The summed E-state index contributed by atoms with van der Waals surface area (Å²) in [5.41, 5.74) is 1.36. The van der Waals surface area contributed by atoms with Gasteiger partial charge in [-0.3, -0.25) is 9.69 Å². The minimum Gasteiger partial charge on any atom is -0.508 e. The van der Waals surface area contributed by atoms with Gasteiger partial charge in [-0.25, -0.2) is 0 Å². The summed E-state index contributed by atoms with van der Waals surface area (Å²) in [6, 6.07) is 14.6. The molecule has 2 heterocycles. The minimum absolute atomic E-state index is 0.0307. The van der Waals surface area contributed by atoms with Gasteiger partial charge < -0.3 is 15.1 Å². The lowest BCUT2D eigenvalue weighted by Crippen LogP contribution is -2.61. The van der Waals surface area contributed by atoms with Crippen LogP contribution in [0.25, 0.3) is 0 Å². The topological polar surface area (TPSA) is 64.0 Å². The summed E-state index contributed by atoms with van der Waals surface area (Å²) >= 11 is 0. The van der Waals surface area contributed by atoms with E-state index in [4.69, 9.17) is 0 Å². The van der Waals surface area contributed by atoms with Crippen LogP contribution in [0, 0.1) is 6.92 Å². The average molecular weight is 380 g/mol. The molecule has 1 amide bonds. The number of hydrogen-bond donors (Lipinski definition) is 2. The Balaban J connectivity index is 1.63. The number of phenolic OH excluding ortho intramolecular Hbond substituents is 1. The Kier molecular flexibility index (Phi) is 5.13. The average Bonchev–Trinajstić information content (AvgIpc) is 3.23. The number of aliphatic hydroxyl groups is 1. The molecule has 2 saturated heterocycles. The zero-order chi connectivity index (χ0) is 19.7. The molecule has 0 saturated carbocycles. The molecule has 0 radical (unpaired) electrons. The van der Waals surface area contributed by atoms with Crippen molar-refractivity contribution in [2.45, 2.75) is 37.8 Å². The Labute approximate surface area is 166 Å². The molecule has 2 aromatic rings. The molecule has 2 aromatic carbocycles. The first-order valence-corrected chi connectivity index (χ1v) is 10.1. The Morgan fingerprint density at radius 2 is 1.79 bits per heavy atom. The zero-order valence-corrected chi connectivity index (χ0v) is 16.3. The summed E-state index contributed by atoms with van der Waals surface area (Å²) in [5, 5.41) is 21.4. The van der Waals surface area contributed by atoms with E-state index in [2.05, 4.69) is 4.90 Å². The molecule has 0 aliphatic carbocycles. The third kappa shape index (κ3) is 3.40. The van der Waals surface area contributed by atoms with Crippen LogP contribution in [0.5, 0.6) is 5.75 Å². The molecule has 4 rings (SSSR count). The number of aromatic hydroxyl groups is 1. The maximum Gasteiger partial charge on any atom is 0.254 e. The van der Waals surface area contributed by atoms with E-state index < -0.39 is 5.60 Å². The lowest BCUT2D eigenvalue weighted by atomic mass is 9.79. The molecule has 0 spiro atoms. The van der Waals surface area contributed by atoms with Crippen molar-refractivity contribution in [3.05, 3.63) is 65.2 Å². The van der Waals surface area contributed by atoms with Crippen molar-refractivity contribution in [1.29, 1.82) is 0 Å². The highest BCUT2D eigenvalue weighted by molar-refractivity contribution is 5.96. The fraction of sp³-hybridized carbons (Fsp3) is 0.435. The van der Waals surface area contributed by atoms with Gasteiger partial charge in [0.1, 0.15) is 11.4 Å². The molecule has 0 aromatic heterocycles. The number of carbonyl (C=O) groups excluding carboxylic acids is 1. The van der Waals surface area contributed by atoms with Crippen molar-refractivity contribution in [2.75, 3.05) is 26.2 Å². The highest BCUT2D eigenvalue weighted by Crippen LogP contribution is 2.37. The lowest BCUT2D eigenvalue weighted by Gasteiger charge is -2.48. The van der Waals surface area contributed by atoms with Gasteiger partial charge in [0.15, 0.2) is 0 Å². The number of amides is 1. The van der Waals surface area contributed by atoms with Gasteiger partial charge in [0.2, 0.25) is 0 Å². The third-order valence-electron chi connectivity index (χ3n) is 6.29. The van der Waals surface area contributed by atoms with E-state index in [1.807, 2.05) is 42.2 Å². The number of hydrogen-bond acceptors (Lipinski definition) is 4. The molecular weight excluding hydrogens is 352 g/mol. The summed E-state index contributed by atoms with van der Waals surface area (Å²) in [5.74, 6) is 0.137. The third-order valence-corrected chi connectivity index (χ3v) is 6.29. The van der Waals surface area contributed by atoms with Crippen LogP contribution in [0.3, 0.4) is 0 Å². The molecule has 28 heavy (non-hydrogen) atoms. The van der Waals surface area contributed by atoms with E-state index in [9.17, 15) is 15.0 Å². The van der Waals surface area contributed by atoms with Gasteiger partial charge >= 0.3 is 0 Å². The second-order valence-corrected chi connectivity index (χ2v) is 8.05. The van der Waals surface area contributed by atoms with Gasteiger partial charge in [-0.2, -0.15) is 0 Å². The molecule has 148 valence electrons. The molecule has 5 heteroatoms. The largest absolute Gasteiger partial charge is 0.508 e. The molecule has 5 nitrogen and oxygen atoms in total. The second kappa shape index (κ2) is 7.57. The number of nitrogens with zero attached hydrogens (tertiary/aromatic N) is 2. The number of rotatable bonds is 3. The number of aryl methyl sites for hydroxylation is 1. The SMILES string of the molecule is Cc1cc(O)ccc1C(=O)N1CC[C@](O)(c2ccccc2)[C@H](N2CCCC2)C1. The molecule has 2 aliphatic heterocycles. The first kappa shape index (κ1) is 19.0. The number of piperidine rings is 1. The van der Waals surface area contributed by atoms with Crippen molar-refractivity contribution < 1.29 is 15.0 Å². The van der Waals surface area contributed by atoms with Gasteiger partial charge in [0.25, 0.3) is 5.91 Å². The highest BCUT2D eigenvalue weighted by Gasteiger charge is 2.47. The number of likely N-dealkylation sites (tertiary alicyclic amines) is 2. The normalized spacial score (nSPS) is 25.8. The summed E-state index contributed by atoms with van der Waals surface area (Å²) in [4.78, 5) is 17.4. The van der Waals surface area contributed by atoms with Crippen LogP contribution in [0.1, 0.15) is 40.7 Å². The first-order valence-electron chi connectivity index (χ1n) is 10.1. The highest BCUT2D eigenvalue weighted by atomic mass is 16.3. The first-order chi connectivity index (χ1) is 13.5. The van der Waals surface area contributed by atoms with Crippen molar-refractivity contribution in [2.24, 2.45) is 0 Å². The van der Waals surface area contributed by atoms with Gasteiger partial charge in [-0.05, 0) is 68.6 Å². The van der Waals surface area contributed by atoms with Crippen molar-refractivity contribution >= 4 is 5.91 Å². The number of carbonyl (C=O) groups is 1. The fourth-order valence-corrected chi connectivity index (χ4v) is 4.70. The van der Waals surface area contributed by atoms with Gasteiger partial charge in [0, 0.05) is 18.7 Å². The molecule has 0 bridgehead atoms. The van der Waals surface area contributed by atoms with Crippen molar-refractivity contribution in [1.82, 2.24) is 9.80 Å². The fourth-order valence-electron chi connectivity index (χ4n) is 4.70. The maximum atomic E-state index is 13.2. The number of phenols is 1. The smallest absolute Gasteiger partial charge is 0.254 e. The predicted molar refractivity (Wildman–Crippen MR) is 108 cm³/mol. The Bertz CT molecular complexity index is 848. The zero-order valence-electron chi connectivity index (χ0n) is 16.3. The van der Waals surface area contributed by atoms with Crippen LogP contribution in [0.2, 0.25) is 0 Å². The summed E-state index contributed by atoms with van der Waals surface area (Å²) in [6.45, 7) is 4.77. The van der Waals surface area contributed by atoms with E-state index in [1.165, 1.54) is 0 Å². The molecule has 2 fully saturated rings. The summed E-state index contributed by atoms with van der Waals surface area (Å²) in [6.07, 6.45) is 2.78.